The second-order valence-electron chi connectivity index (χ2n) is 7.74. The van der Waals surface area contributed by atoms with Crippen molar-refractivity contribution >= 4 is 27.3 Å². The number of hydrogen-bond donors (Lipinski definition) is 2. The molecule has 0 aliphatic rings. The van der Waals surface area contributed by atoms with Crippen molar-refractivity contribution in [2.45, 2.75) is 102 Å². The quantitative estimate of drug-likeness (QED) is 0.165. The second-order valence-corrected chi connectivity index (χ2v) is 10.4. The van der Waals surface area contributed by atoms with Crippen LogP contribution in [0.4, 0.5) is 5.69 Å². The summed E-state index contributed by atoms with van der Waals surface area (Å²) >= 11 is 6.07. The zero-order valence-corrected chi connectivity index (χ0v) is 19.2. The predicted octanol–water partition coefficient (Wildman–Crippen LogP) is 6.63. The number of anilines is 1. The molecule has 6 heteroatoms. The number of hydrogen-bond acceptors (Lipinski definition) is 3. The molecular formula is C22H39ClN2O2S. The van der Waals surface area contributed by atoms with Crippen molar-refractivity contribution in [3.8, 4) is 0 Å². The summed E-state index contributed by atoms with van der Waals surface area (Å²) in [5, 5.41) is -0.419. The van der Waals surface area contributed by atoms with E-state index in [1.165, 1.54) is 44.9 Å². The Labute approximate surface area is 177 Å². The third-order valence-electron chi connectivity index (χ3n) is 5.07. The molecule has 0 saturated carbocycles. The molecule has 0 aliphatic carbocycles. The molecule has 0 fully saturated rings. The van der Waals surface area contributed by atoms with E-state index in [-0.39, 0.29) is 5.38 Å². The van der Waals surface area contributed by atoms with Crippen LogP contribution in [0.2, 0.25) is 0 Å². The lowest BCUT2D eigenvalue weighted by Gasteiger charge is -2.19. The van der Waals surface area contributed by atoms with Gasteiger partial charge >= 0.3 is 0 Å². The van der Waals surface area contributed by atoms with Crippen LogP contribution in [-0.4, -0.2) is 19.0 Å². The summed E-state index contributed by atoms with van der Waals surface area (Å²) in [6.07, 6.45) is 13.1. The molecule has 4 nitrogen and oxygen atoms in total. The Morgan fingerprint density at radius 3 is 2.00 bits per heavy atom. The van der Waals surface area contributed by atoms with E-state index in [1.807, 2.05) is 37.3 Å². The molecule has 0 aromatic heterocycles. The lowest BCUT2D eigenvalue weighted by molar-refractivity contribution is 0.515. The molecule has 0 radical (unpaired) electrons. The summed E-state index contributed by atoms with van der Waals surface area (Å²) in [5.74, 6) is 0. The van der Waals surface area contributed by atoms with Crippen LogP contribution in [0, 0.1) is 0 Å². The number of nitrogens with one attached hydrogen (secondary N) is 2. The van der Waals surface area contributed by atoms with E-state index >= 15 is 0 Å². The fraction of sp³-hybridized carbons (Fsp3) is 0.727. The molecule has 162 valence electrons. The minimum Gasteiger partial charge on any atom is -0.308 e. The Kier molecular flexibility index (Phi) is 13.6. The van der Waals surface area contributed by atoms with Gasteiger partial charge in [-0.1, -0.05) is 82.9 Å². The van der Waals surface area contributed by atoms with Crippen LogP contribution in [0.25, 0.3) is 0 Å². The second kappa shape index (κ2) is 15.1. The topological polar surface area (TPSA) is 58.2 Å². The largest absolute Gasteiger partial charge is 0.308 e. The van der Waals surface area contributed by atoms with Gasteiger partial charge in [0.25, 0.3) is 0 Å². The first-order valence-corrected chi connectivity index (χ1v) is 12.9. The number of benzene rings is 1. The monoisotopic (exact) mass is 430 g/mol. The van der Waals surface area contributed by atoms with Gasteiger partial charge in [-0.25, -0.2) is 8.42 Å². The summed E-state index contributed by atoms with van der Waals surface area (Å²) in [5.41, 5.74) is 3.55. The van der Waals surface area contributed by atoms with Crippen molar-refractivity contribution < 1.29 is 8.42 Å². The van der Waals surface area contributed by atoms with E-state index in [0.29, 0.717) is 19.3 Å². The van der Waals surface area contributed by atoms with Gasteiger partial charge in [0.15, 0.2) is 0 Å². The van der Waals surface area contributed by atoms with Crippen molar-refractivity contribution in [2.75, 3.05) is 5.43 Å². The summed E-state index contributed by atoms with van der Waals surface area (Å²) in [6.45, 7) is 4.15. The Morgan fingerprint density at radius 2 is 1.43 bits per heavy atom. The molecule has 1 aromatic carbocycles. The van der Waals surface area contributed by atoms with Crippen molar-refractivity contribution in [2.24, 2.45) is 0 Å². The van der Waals surface area contributed by atoms with E-state index < -0.39 is 15.3 Å². The first-order chi connectivity index (χ1) is 13.5. The SMILES string of the molecule is CCCCCCCCCCCC(CCC(C)Cl)S(=O)(=O)NNc1ccccc1. The Morgan fingerprint density at radius 1 is 0.857 bits per heavy atom. The first kappa shape index (κ1) is 25.3. The number of hydrazine groups is 1. The minimum absolute atomic E-state index is 0.0112. The normalized spacial score (nSPS) is 14.0. The van der Waals surface area contributed by atoms with Crippen LogP contribution >= 0.6 is 11.6 Å². The van der Waals surface area contributed by atoms with Gasteiger partial charge in [-0.15, -0.1) is 16.4 Å². The number of halogens is 1. The van der Waals surface area contributed by atoms with E-state index in [0.717, 1.165) is 18.5 Å². The van der Waals surface area contributed by atoms with Gasteiger partial charge in [0.2, 0.25) is 10.0 Å². The Bertz CT molecular complexity index is 594. The van der Waals surface area contributed by atoms with Gasteiger partial charge in [0.1, 0.15) is 0 Å². The molecular weight excluding hydrogens is 392 g/mol. The van der Waals surface area contributed by atoms with Crippen molar-refractivity contribution in [1.82, 2.24) is 4.83 Å². The molecule has 0 heterocycles. The van der Waals surface area contributed by atoms with E-state index in [1.54, 1.807) is 0 Å². The summed E-state index contributed by atoms with van der Waals surface area (Å²) in [4.78, 5) is 2.56. The maximum absolute atomic E-state index is 12.8. The van der Waals surface area contributed by atoms with Crippen molar-refractivity contribution in [3.63, 3.8) is 0 Å². The van der Waals surface area contributed by atoms with Crippen LogP contribution in [-0.2, 0) is 10.0 Å². The predicted molar refractivity (Wildman–Crippen MR) is 122 cm³/mol. The van der Waals surface area contributed by atoms with Crippen LogP contribution in [0.1, 0.15) is 90.9 Å². The van der Waals surface area contributed by atoms with Crippen molar-refractivity contribution in [1.29, 1.82) is 0 Å². The molecule has 0 amide bonds. The number of para-hydroxylation sites is 1. The van der Waals surface area contributed by atoms with Crippen LogP contribution in [0.3, 0.4) is 0 Å². The lowest BCUT2D eigenvalue weighted by Crippen LogP contribution is -2.38. The molecule has 0 bridgehead atoms. The average Bonchev–Trinajstić information content (AvgIpc) is 2.68. The van der Waals surface area contributed by atoms with Gasteiger partial charge in [0.05, 0.1) is 5.25 Å². The van der Waals surface area contributed by atoms with Gasteiger partial charge in [-0.3, -0.25) is 0 Å². The van der Waals surface area contributed by atoms with E-state index in [4.69, 9.17) is 11.6 Å². The molecule has 1 rings (SSSR count). The number of unbranched alkanes of at least 4 members (excludes halogenated alkanes) is 8. The third kappa shape index (κ3) is 11.9. The molecule has 1 aromatic rings. The highest BCUT2D eigenvalue weighted by atomic mass is 35.5. The number of rotatable bonds is 17. The summed E-state index contributed by atoms with van der Waals surface area (Å²) < 4.78 is 25.5. The fourth-order valence-corrected chi connectivity index (χ4v) is 4.76. The average molecular weight is 431 g/mol. The first-order valence-electron chi connectivity index (χ1n) is 10.9. The number of sulfonamides is 1. The highest BCUT2D eigenvalue weighted by Gasteiger charge is 2.25. The summed E-state index contributed by atoms with van der Waals surface area (Å²) in [7, 11) is -3.44. The standard InChI is InChI=1S/C22H39ClN2O2S/c1-3-4-5-6-7-8-9-10-14-17-22(19-18-20(2)23)28(26,27)25-24-21-15-12-11-13-16-21/h11-13,15-16,20,22,24-25H,3-10,14,17-19H2,1-2H3. The lowest BCUT2D eigenvalue weighted by atomic mass is 10.0. The van der Waals surface area contributed by atoms with Gasteiger partial charge in [-0.2, -0.15) is 0 Å². The fourth-order valence-electron chi connectivity index (χ4n) is 3.29. The van der Waals surface area contributed by atoms with Crippen LogP contribution < -0.4 is 10.3 Å². The molecule has 2 N–H and O–H groups in total. The smallest absolute Gasteiger partial charge is 0.231 e. The van der Waals surface area contributed by atoms with E-state index in [9.17, 15) is 8.42 Å². The van der Waals surface area contributed by atoms with Crippen LogP contribution in [0.15, 0.2) is 30.3 Å². The summed E-state index contributed by atoms with van der Waals surface area (Å²) in [6, 6.07) is 9.29. The Balaban J connectivity index is 2.39. The van der Waals surface area contributed by atoms with Crippen molar-refractivity contribution in [3.05, 3.63) is 30.3 Å². The molecule has 2 unspecified atom stereocenters. The zero-order valence-electron chi connectivity index (χ0n) is 17.6. The maximum Gasteiger partial charge on any atom is 0.231 e. The third-order valence-corrected chi connectivity index (χ3v) is 7.02. The zero-order chi connectivity index (χ0) is 20.7. The molecule has 28 heavy (non-hydrogen) atoms. The Hall–Kier alpha value is -0.780. The van der Waals surface area contributed by atoms with Gasteiger partial charge in [-0.05, 0) is 38.3 Å². The molecule has 0 aliphatic heterocycles. The highest BCUT2D eigenvalue weighted by molar-refractivity contribution is 7.90. The molecule has 0 saturated heterocycles. The molecule has 0 spiro atoms. The maximum atomic E-state index is 12.8. The highest BCUT2D eigenvalue weighted by Crippen LogP contribution is 2.20. The van der Waals surface area contributed by atoms with Crippen LogP contribution in [0.5, 0.6) is 0 Å². The van der Waals surface area contributed by atoms with Gasteiger partial charge in [0, 0.05) is 11.1 Å². The molecule has 2 atom stereocenters. The van der Waals surface area contributed by atoms with Gasteiger partial charge < -0.3 is 5.43 Å². The minimum atomic E-state index is -3.44. The van der Waals surface area contributed by atoms with E-state index in [2.05, 4.69) is 17.2 Å². The number of alkyl halides is 1.